The van der Waals surface area contributed by atoms with Crippen LogP contribution >= 0.6 is 0 Å². The standard InChI is InChI=1S/C32H38N4O6/c1-35(12-10-20-8-9-25(37-2)26(14-20)38-3)32-33-24-18-30(42-7)29(41-6)17-23(24)31(34-32)36-13-11-21-15-27(39-4)28(40-5)16-22(21)19-36/h8-9,14-18H,10-13,19H2,1-7H3. The van der Waals surface area contributed by atoms with Crippen LogP contribution in [-0.4, -0.2) is 72.8 Å². The van der Waals surface area contributed by atoms with Crippen molar-refractivity contribution in [1.29, 1.82) is 0 Å². The summed E-state index contributed by atoms with van der Waals surface area (Å²) in [6, 6.07) is 14.0. The van der Waals surface area contributed by atoms with E-state index in [1.165, 1.54) is 11.1 Å². The lowest BCUT2D eigenvalue weighted by atomic mass is 9.98. The molecule has 4 aromatic rings. The first-order valence-electron chi connectivity index (χ1n) is 13.8. The topological polar surface area (TPSA) is 87.6 Å². The summed E-state index contributed by atoms with van der Waals surface area (Å²) in [4.78, 5) is 14.4. The Balaban J connectivity index is 1.51. The molecule has 0 aliphatic carbocycles. The fourth-order valence-electron chi connectivity index (χ4n) is 5.34. The van der Waals surface area contributed by atoms with E-state index in [9.17, 15) is 0 Å². The summed E-state index contributed by atoms with van der Waals surface area (Å²) in [5.41, 5.74) is 4.33. The van der Waals surface area contributed by atoms with Gasteiger partial charge < -0.3 is 38.2 Å². The maximum absolute atomic E-state index is 5.64. The molecule has 2 heterocycles. The van der Waals surface area contributed by atoms with E-state index in [1.807, 2.05) is 37.4 Å². The quantitative estimate of drug-likeness (QED) is 0.246. The molecule has 42 heavy (non-hydrogen) atoms. The van der Waals surface area contributed by atoms with Crippen LogP contribution < -0.4 is 38.2 Å². The molecule has 1 aliphatic rings. The third-order valence-corrected chi connectivity index (χ3v) is 7.71. The van der Waals surface area contributed by atoms with E-state index in [1.54, 1.807) is 42.7 Å². The molecular formula is C32H38N4O6. The van der Waals surface area contributed by atoms with Gasteiger partial charge in [0.05, 0.1) is 48.2 Å². The Morgan fingerprint density at radius 3 is 1.95 bits per heavy atom. The Hall–Kier alpha value is -4.60. The molecular weight excluding hydrogens is 536 g/mol. The van der Waals surface area contributed by atoms with Crippen LogP contribution in [0.3, 0.4) is 0 Å². The molecule has 10 nitrogen and oxygen atoms in total. The van der Waals surface area contributed by atoms with Crippen LogP contribution in [0.2, 0.25) is 0 Å². The Morgan fingerprint density at radius 1 is 0.690 bits per heavy atom. The lowest BCUT2D eigenvalue weighted by molar-refractivity contribution is 0.353. The van der Waals surface area contributed by atoms with E-state index in [-0.39, 0.29) is 0 Å². The smallest absolute Gasteiger partial charge is 0.227 e. The van der Waals surface area contributed by atoms with Crippen molar-refractivity contribution < 1.29 is 28.4 Å². The van der Waals surface area contributed by atoms with Crippen LogP contribution in [0.5, 0.6) is 34.5 Å². The summed E-state index contributed by atoms with van der Waals surface area (Å²) in [6.45, 7) is 2.16. The van der Waals surface area contributed by atoms with E-state index < -0.39 is 0 Å². The summed E-state index contributed by atoms with van der Waals surface area (Å²) in [7, 11) is 11.9. The minimum absolute atomic E-state index is 0.620. The normalized spacial score (nSPS) is 12.5. The Kier molecular flexibility index (Phi) is 8.61. The van der Waals surface area contributed by atoms with Crippen molar-refractivity contribution in [1.82, 2.24) is 9.97 Å². The van der Waals surface area contributed by atoms with Gasteiger partial charge in [-0.3, -0.25) is 0 Å². The van der Waals surface area contributed by atoms with Crippen LogP contribution in [0.15, 0.2) is 42.5 Å². The molecule has 222 valence electrons. The minimum atomic E-state index is 0.620. The zero-order valence-corrected chi connectivity index (χ0v) is 25.3. The first kappa shape index (κ1) is 28.9. The van der Waals surface area contributed by atoms with Gasteiger partial charge in [0.25, 0.3) is 0 Å². The molecule has 0 spiro atoms. The summed E-state index contributed by atoms with van der Waals surface area (Å²) in [6.07, 6.45) is 1.62. The third-order valence-electron chi connectivity index (χ3n) is 7.71. The van der Waals surface area contributed by atoms with Crippen molar-refractivity contribution in [2.45, 2.75) is 19.4 Å². The molecule has 5 rings (SSSR count). The summed E-state index contributed by atoms with van der Waals surface area (Å²) in [5, 5.41) is 0.897. The lowest BCUT2D eigenvalue weighted by Crippen LogP contribution is -2.32. The van der Waals surface area contributed by atoms with Gasteiger partial charge in [0.15, 0.2) is 34.5 Å². The second kappa shape index (κ2) is 12.5. The average molecular weight is 575 g/mol. The predicted molar refractivity (Wildman–Crippen MR) is 163 cm³/mol. The lowest BCUT2D eigenvalue weighted by Gasteiger charge is -2.32. The highest BCUT2D eigenvalue weighted by atomic mass is 16.5. The number of aromatic nitrogens is 2. The number of anilines is 2. The molecule has 1 aliphatic heterocycles. The van der Waals surface area contributed by atoms with E-state index in [0.717, 1.165) is 47.4 Å². The third kappa shape index (κ3) is 5.61. The molecule has 0 saturated heterocycles. The zero-order valence-electron chi connectivity index (χ0n) is 25.3. The second-order valence-electron chi connectivity index (χ2n) is 10.1. The predicted octanol–water partition coefficient (Wildman–Crippen LogP) is 4.92. The number of hydrogen-bond donors (Lipinski definition) is 0. The highest BCUT2D eigenvalue weighted by Crippen LogP contribution is 2.39. The Morgan fingerprint density at radius 2 is 1.29 bits per heavy atom. The average Bonchev–Trinajstić information content (AvgIpc) is 3.04. The molecule has 0 amide bonds. The maximum Gasteiger partial charge on any atom is 0.227 e. The molecule has 0 saturated carbocycles. The van der Waals surface area contributed by atoms with Crippen molar-refractivity contribution in [3.8, 4) is 34.5 Å². The minimum Gasteiger partial charge on any atom is -0.493 e. The molecule has 0 bridgehead atoms. The highest BCUT2D eigenvalue weighted by molar-refractivity contribution is 5.93. The Bertz CT molecular complexity index is 1580. The van der Waals surface area contributed by atoms with Crippen LogP contribution in [0.25, 0.3) is 10.9 Å². The van der Waals surface area contributed by atoms with E-state index in [2.05, 4.69) is 21.9 Å². The van der Waals surface area contributed by atoms with Crippen molar-refractivity contribution in [3.63, 3.8) is 0 Å². The fraction of sp³-hybridized carbons (Fsp3) is 0.375. The first-order valence-corrected chi connectivity index (χ1v) is 13.8. The monoisotopic (exact) mass is 574 g/mol. The van der Waals surface area contributed by atoms with Crippen molar-refractivity contribution >= 4 is 22.7 Å². The maximum atomic E-state index is 5.64. The van der Waals surface area contributed by atoms with Gasteiger partial charge in [0.1, 0.15) is 5.82 Å². The van der Waals surface area contributed by atoms with Gasteiger partial charge in [0.2, 0.25) is 5.95 Å². The van der Waals surface area contributed by atoms with Gasteiger partial charge in [-0.15, -0.1) is 0 Å². The number of likely N-dealkylation sites (N-methyl/N-ethyl adjacent to an activating group) is 1. The summed E-state index contributed by atoms with van der Waals surface area (Å²) >= 11 is 0. The SMILES string of the molecule is COc1ccc(CCN(C)c2nc(N3CCc4cc(OC)c(OC)cc4C3)c3cc(OC)c(OC)cc3n2)cc1OC. The molecule has 10 heteroatoms. The number of hydrogen-bond acceptors (Lipinski definition) is 10. The number of ether oxygens (including phenoxy) is 6. The first-order chi connectivity index (χ1) is 20.4. The van der Waals surface area contributed by atoms with E-state index in [0.29, 0.717) is 47.8 Å². The Labute approximate surface area is 246 Å². The van der Waals surface area contributed by atoms with Crippen LogP contribution in [-0.2, 0) is 19.4 Å². The van der Waals surface area contributed by atoms with Gasteiger partial charge in [-0.1, -0.05) is 6.07 Å². The van der Waals surface area contributed by atoms with E-state index in [4.69, 9.17) is 38.4 Å². The molecule has 0 fully saturated rings. The molecule has 0 unspecified atom stereocenters. The van der Waals surface area contributed by atoms with Crippen LogP contribution in [0.4, 0.5) is 11.8 Å². The molecule has 3 aromatic carbocycles. The van der Waals surface area contributed by atoms with Gasteiger partial charge in [-0.05, 0) is 59.9 Å². The number of fused-ring (bicyclic) bond motifs is 2. The zero-order chi connectivity index (χ0) is 29.8. The molecule has 0 N–H and O–H groups in total. The highest BCUT2D eigenvalue weighted by Gasteiger charge is 2.24. The van der Waals surface area contributed by atoms with E-state index >= 15 is 0 Å². The van der Waals surface area contributed by atoms with Gasteiger partial charge in [0, 0.05) is 38.1 Å². The van der Waals surface area contributed by atoms with Crippen molar-refractivity contribution in [2.24, 2.45) is 0 Å². The molecule has 0 radical (unpaired) electrons. The second-order valence-corrected chi connectivity index (χ2v) is 10.1. The molecule has 0 atom stereocenters. The van der Waals surface area contributed by atoms with Gasteiger partial charge in [-0.25, -0.2) is 4.98 Å². The van der Waals surface area contributed by atoms with Crippen molar-refractivity contribution in [3.05, 3.63) is 59.2 Å². The largest absolute Gasteiger partial charge is 0.493 e. The van der Waals surface area contributed by atoms with Crippen LogP contribution in [0.1, 0.15) is 16.7 Å². The summed E-state index contributed by atoms with van der Waals surface area (Å²) in [5.74, 6) is 5.60. The van der Waals surface area contributed by atoms with Crippen LogP contribution in [0, 0.1) is 0 Å². The summed E-state index contributed by atoms with van der Waals surface area (Å²) < 4.78 is 33.2. The van der Waals surface area contributed by atoms with Crippen molar-refractivity contribution in [2.75, 3.05) is 72.6 Å². The van der Waals surface area contributed by atoms with Gasteiger partial charge in [-0.2, -0.15) is 4.98 Å². The fourth-order valence-corrected chi connectivity index (χ4v) is 5.34. The number of methoxy groups -OCH3 is 6. The number of rotatable bonds is 11. The van der Waals surface area contributed by atoms with Gasteiger partial charge >= 0.3 is 0 Å². The number of benzene rings is 3. The molecule has 1 aromatic heterocycles. The number of nitrogens with zero attached hydrogens (tertiary/aromatic N) is 4.